The molecule has 1 aromatic heterocycles. The quantitative estimate of drug-likeness (QED) is 0.733. The van der Waals surface area contributed by atoms with Crippen molar-refractivity contribution in [3.05, 3.63) is 59.7 Å². The predicted molar refractivity (Wildman–Crippen MR) is 80.6 cm³/mol. The zero-order chi connectivity index (χ0) is 14.1. The van der Waals surface area contributed by atoms with E-state index in [0.717, 1.165) is 28.1 Å². The fraction of sp³-hybridized carbons (Fsp3) is 0.118. The minimum atomic E-state index is 0.257. The Morgan fingerprint density at radius 3 is 2.50 bits per heavy atom. The highest BCUT2D eigenvalue weighted by Gasteiger charge is 2.09. The Hall–Kier alpha value is -2.55. The van der Waals surface area contributed by atoms with Crippen molar-refractivity contribution in [2.45, 2.75) is 13.8 Å². The molecule has 0 fully saturated rings. The summed E-state index contributed by atoms with van der Waals surface area (Å²) in [5.74, 6) is 0.257. The van der Waals surface area contributed by atoms with Crippen molar-refractivity contribution in [1.29, 1.82) is 0 Å². The molecule has 0 atom stereocenters. The molecule has 3 aromatic rings. The van der Waals surface area contributed by atoms with Crippen LogP contribution in [0, 0.1) is 13.8 Å². The number of aromatic hydroxyl groups is 1. The van der Waals surface area contributed by atoms with E-state index < -0.39 is 0 Å². The lowest BCUT2D eigenvalue weighted by Crippen LogP contribution is -1.80. The van der Waals surface area contributed by atoms with E-state index in [0.29, 0.717) is 0 Å². The Morgan fingerprint density at radius 2 is 1.75 bits per heavy atom. The van der Waals surface area contributed by atoms with Crippen molar-refractivity contribution >= 4 is 0 Å². The van der Waals surface area contributed by atoms with Crippen molar-refractivity contribution in [3.8, 4) is 28.3 Å². The van der Waals surface area contributed by atoms with Crippen molar-refractivity contribution < 1.29 is 5.11 Å². The molecule has 3 nitrogen and oxygen atoms in total. The van der Waals surface area contributed by atoms with Gasteiger partial charge in [0.1, 0.15) is 5.75 Å². The average Bonchev–Trinajstić information content (AvgIpc) is 2.88. The van der Waals surface area contributed by atoms with E-state index in [1.54, 1.807) is 6.07 Å². The molecule has 100 valence electrons. The summed E-state index contributed by atoms with van der Waals surface area (Å²) in [7, 11) is 0. The van der Waals surface area contributed by atoms with Crippen LogP contribution in [0.15, 0.2) is 48.5 Å². The molecule has 0 saturated heterocycles. The SMILES string of the molecule is Cc1cccc(-c2cc(-c3ccc(C)cc3O)n[nH]2)c1. The van der Waals surface area contributed by atoms with Crippen molar-refractivity contribution in [1.82, 2.24) is 10.2 Å². The highest BCUT2D eigenvalue weighted by molar-refractivity contribution is 5.72. The summed E-state index contributed by atoms with van der Waals surface area (Å²) in [6.45, 7) is 4.01. The van der Waals surface area contributed by atoms with Gasteiger partial charge in [0.25, 0.3) is 0 Å². The molecule has 1 heterocycles. The zero-order valence-corrected chi connectivity index (χ0v) is 11.5. The number of H-pyrrole nitrogens is 1. The molecule has 0 saturated carbocycles. The summed E-state index contributed by atoms with van der Waals surface area (Å²) in [5, 5.41) is 17.3. The number of phenols is 1. The van der Waals surface area contributed by atoms with Crippen LogP contribution in [-0.2, 0) is 0 Å². The second-order valence-electron chi connectivity index (χ2n) is 5.06. The molecular weight excluding hydrogens is 248 g/mol. The van der Waals surface area contributed by atoms with Crippen LogP contribution >= 0.6 is 0 Å². The third-order valence-corrected chi connectivity index (χ3v) is 3.34. The molecule has 20 heavy (non-hydrogen) atoms. The van der Waals surface area contributed by atoms with Gasteiger partial charge in [-0.2, -0.15) is 5.10 Å². The molecule has 0 aliphatic rings. The lowest BCUT2D eigenvalue weighted by atomic mass is 10.1. The van der Waals surface area contributed by atoms with Crippen molar-refractivity contribution in [3.63, 3.8) is 0 Å². The Bertz CT molecular complexity index is 759. The number of benzene rings is 2. The van der Waals surface area contributed by atoms with Crippen LogP contribution < -0.4 is 0 Å². The molecule has 3 heteroatoms. The van der Waals surface area contributed by atoms with Crippen LogP contribution in [0.1, 0.15) is 11.1 Å². The number of aryl methyl sites for hydroxylation is 2. The number of hydrogen-bond donors (Lipinski definition) is 2. The standard InChI is InChI=1S/C17H16N2O/c1-11-4-3-5-13(8-11)15-10-16(19-18-15)14-7-6-12(2)9-17(14)20/h3-10,20H,1-2H3,(H,18,19). The zero-order valence-electron chi connectivity index (χ0n) is 11.5. The summed E-state index contributed by atoms with van der Waals surface area (Å²) >= 11 is 0. The van der Waals surface area contributed by atoms with E-state index in [1.807, 2.05) is 37.3 Å². The number of aromatic nitrogens is 2. The number of phenolic OH excluding ortho intramolecular Hbond substituents is 1. The molecule has 0 aliphatic heterocycles. The van der Waals surface area contributed by atoms with E-state index >= 15 is 0 Å². The summed E-state index contributed by atoms with van der Waals surface area (Å²) in [6.07, 6.45) is 0. The van der Waals surface area contributed by atoms with Gasteiger partial charge in [0, 0.05) is 5.56 Å². The fourth-order valence-electron chi connectivity index (χ4n) is 2.28. The molecule has 2 aromatic carbocycles. The second-order valence-corrected chi connectivity index (χ2v) is 5.06. The van der Waals surface area contributed by atoms with Crippen molar-refractivity contribution in [2.75, 3.05) is 0 Å². The molecule has 3 rings (SSSR count). The highest BCUT2D eigenvalue weighted by Crippen LogP contribution is 2.30. The lowest BCUT2D eigenvalue weighted by molar-refractivity contribution is 0.476. The molecule has 0 bridgehead atoms. The Balaban J connectivity index is 2.02. The first-order valence-corrected chi connectivity index (χ1v) is 6.56. The molecule has 0 amide bonds. The van der Waals surface area contributed by atoms with Gasteiger partial charge in [-0.15, -0.1) is 0 Å². The molecule has 0 radical (unpaired) electrons. The maximum Gasteiger partial charge on any atom is 0.125 e. The second kappa shape index (κ2) is 4.85. The maximum absolute atomic E-state index is 10.0. The van der Waals surface area contributed by atoms with Gasteiger partial charge in [0.15, 0.2) is 0 Å². The molecule has 0 spiro atoms. The van der Waals surface area contributed by atoms with E-state index in [4.69, 9.17) is 0 Å². The van der Waals surface area contributed by atoms with Gasteiger partial charge >= 0.3 is 0 Å². The highest BCUT2D eigenvalue weighted by atomic mass is 16.3. The summed E-state index contributed by atoms with van der Waals surface area (Å²) in [6, 6.07) is 15.8. The van der Waals surface area contributed by atoms with Gasteiger partial charge in [0.05, 0.1) is 11.4 Å². The Morgan fingerprint density at radius 1 is 0.950 bits per heavy atom. The minimum absolute atomic E-state index is 0.257. The smallest absolute Gasteiger partial charge is 0.125 e. The average molecular weight is 264 g/mol. The van der Waals surface area contributed by atoms with Crippen LogP contribution in [0.2, 0.25) is 0 Å². The largest absolute Gasteiger partial charge is 0.507 e. The monoisotopic (exact) mass is 264 g/mol. The van der Waals surface area contributed by atoms with Crippen LogP contribution in [-0.4, -0.2) is 15.3 Å². The van der Waals surface area contributed by atoms with Crippen molar-refractivity contribution in [2.24, 2.45) is 0 Å². The number of nitrogens with zero attached hydrogens (tertiary/aromatic N) is 1. The molecular formula is C17H16N2O. The van der Waals surface area contributed by atoms with E-state index in [9.17, 15) is 5.11 Å². The first-order chi connectivity index (χ1) is 9.63. The molecule has 0 aliphatic carbocycles. The molecule has 2 N–H and O–H groups in total. The van der Waals surface area contributed by atoms with Gasteiger partial charge in [-0.3, -0.25) is 5.10 Å². The van der Waals surface area contributed by atoms with Crippen LogP contribution in [0.5, 0.6) is 5.75 Å². The van der Waals surface area contributed by atoms with Crippen LogP contribution in [0.3, 0.4) is 0 Å². The van der Waals surface area contributed by atoms with Gasteiger partial charge in [0.2, 0.25) is 0 Å². The maximum atomic E-state index is 10.0. The first kappa shape index (κ1) is 12.5. The van der Waals surface area contributed by atoms with E-state index in [2.05, 4.69) is 29.3 Å². The third-order valence-electron chi connectivity index (χ3n) is 3.34. The number of rotatable bonds is 2. The van der Waals surface area contributed by atoms with Crippen LogP contribution in [0.25, 0.3) is 22.5 Å². The number of nitrogens with one attached hydrogen (secondary N) is 1. The Kier molecular flexibility index (Phi) is 3.03. The van der Waals surface area contributed by atoms with E-state index in [1.165, 1.54) is 5.56 Å². The van der Waals surface area contributed by atoms with E-state index in [-0.39, 0.29) is 5.75 Å². The van der Waals surface area contributed by atoms with Crippen LogP contribution in [0.4, 0.5) is 0 Å². The Labute approximate surface area is 117 Å². The normalized spacial score (nSPS) is 10.7. The minimum Gasteiger partial charge on any atom is -0.507 e. The lowest BCUT2D eigenvalue weighted by Gasteiger charge is -2.01. The summed E-state index contributed by atoms with van der Waals surface area (Å²) in [4.78, 5) is 0. The summed E-state index contributed by atoms with van der Waals surface area (Å²) < 4.78 is 0. The third kappa shape index (κ3) is 2.30. The van der Waals surface area contributed by atoms with Gasteiger partial charge < -0.3 is 5.11 Å². The molecule has 0 unspecified atom stereocenters. The number of hydrogen-bond acceptors (Lipinski definition) is 2. The topological polar surface area (TPSA) is 48.9 Å². The fourth-order valence-corrected chi connectivity index (χ4v) is 2.28. The van der Waals surface area contributed by atoms with Gasteiger partial charge in [-0.05, 0) is 49.2 Å². The first-order valence-electron chi connectivity index (χ1n) is 6.56. The van der Waals surface area contributed by atoms with Gasteiger partial charge in [-0.25, -0.2) is 0 Å². The number of aromatic amines is 1. The van der Waals surface area contributed by atoms with Gasteiger partial charge in [-0.1, -0.05) is 29.8 Å². The predicted octanol–water partition coefficient (Wildman–Crippen LogP) is 4.07. The summed E-state index contributed by atoms with van der Waals surface area (Å²) in [5.41, 5.74) is 5.77.